The smallest absolute Gasteiger partial charge is 0.320 e. The predicted molar refractivity (Wildman–Crippen MR) is 74.0 cm³/mol. The van der Waals surface area contributed by atoms with Crippen LogP contribution in [0.3, 0.4) is 0 Å². The topological polar surface area (TPSA) is 38.8 Å². The Hall–Kier alpha value is -0.610. The van der Waals surface area contributed by atoms with Crippen molar-refractivity contribution in [2.24, 2.45) is 5.92 Å². The standard InChI is InChI=1S/C15H27NO3/c1-12-7-9-16(10-8-12)11-15(17)19-14-6-4-3-5-13(14)18-2/h12-14H,3-11H2,1-2H3/t13-,14+/m0/s1. The molecule has 0 aromatic rings. The number of carbonyl (C=O) groups excluding carboxylic acids is 1. The van der Waals surface area contributed by atoms with Crippen LogP contribution in [-0.2, 0) is 14.3 Å². The molecule has 0 spiro atoms. The molecule has 2 atom stereocenters. The van der Waals surface area contributed by atoms with E-state index in [2.05, 4.69) is 11.8 Å². The molecule has 0 aromatic heterocycles. The SMILES string of the molecule is CO[C@H]1CCCC[C@H]1OC(=O)CN1CCC(C)CC1. The number of methoxy groups -OCH3 is 1. The molecular formula is C15H27NO3. The largest absolute Gasteiger partial charge is 0.459 e. The van der Waals surface area contributed by atoms with Gasteiger partial charge in [-0.05, 0) is 51.1 Å². The molecule has 2 fully saturated rings. The summed E-state index contributed by atoms with van der Waals surface area (Å²) >= 11 is 0. The van der Waals surface area contributed by atoms with Crippen molar-refractivity contribution in [2.75, 3.05) is 26.7 Å². The maximum absolute atomic E-state index is 12.0. The van der Waals surface area contributed by atoms with Gasteiger partial charge in [-0.2, -0.15) is 0 Å². The van der Waals surface area contributed by atoms with Crippen LogP contribution in [0.2, 0.25) is 0 Å². The van der Waals surface area contributed by atoms with Crippen LogP contribution in [0, 0.1) is 5.92 Å². The number of esters is 1. The minimum Gasteiger partial charge on any atom is -0.459 e. The highest BCUT2D eigenvalue weighted by Gasteiger charge is 2.29. The number of likely N-dealkylation sites (tertiary alicyclic amines) is 1. The van der Waals surface area contributed by atoms with Crippen molar-refractivity contribution in [2.45, 2.75) is 57.7 Å². The zero-order chi connectivity index (χ0) is 13.7. The Morgan fingerprint density at radius 3 is 2.37 bits per heavy atom. The first kappa shape index (κ1) is 14.8. The quantitative estimate of drug-likeness (QED) is 0.734. The van der Waals surface area contributed by atoms with Crippen molar-refractivity contribution >= 4 is 5.97 Å². The second-order valence-corrected chi connectivity index (χ2v) is 6.05. The highest BCUT2D eigenvalue weighted by Crippen LogP contribution is 2.23. The maximum Gasteiger partial charge on any atom is 0.320 e. The van der Waals surface area contributed by atoms with Crippen LogP contribution in [-0.4, -0.2) is 49.8 Å². The van der Waals surface area contributed by atoms with Crippen LogP contribution >= 0.6 is 0 Å². The third-order valence-electron chi connectivity index (χ3n) is 4.46. The Morgan fingerprint density at radius 2 is 1.74 bits per heavy atom. The van der Waals surface area contributed by atoms with Crippen molar-refractivity contribution in [3.05, 3.63) is 0 Å². The second-order valence-electron chi connectivity index (χ2n) is 6.05. The summed E-state index contributed by atoms with van der Waals surface area (Å²) in [6, 6.07) is 0. The van der Waals surface area contributed by atoms with E-state index in [9.17, 15) is 4.79 Å². The minimum atomic E-state index is -0.0801. The molecule has 1 saturated carbocycles. The second kappa shape index (κ2) is 7.25. The number of carbonyl (C=O) groups is 1. The van der Waals surface area contributed by atoms with Gasteiger partial charge in [0.15, 0.2) is 0 Å². The molecule has 1 heterocycles. The number of nitrogens with zero attached hydrogens (tertiary/aromatic N) is 1. The molecule has 19 heavy (non-hydrogen) atoms. The first-order valence-electron chi connectivity index (χ1n) is 7.63. The lowest BCUT2D eigenvalue weighted by atomic mass is 9.94. The van der Waals surface area contributed by atoms with Crippen molar-refractivity contribution in [3.63, 3.8) is 0 Å². The molecule has 0 aromatic carbocycles. The fraction of sp³-hybridized carbons (Fsp3) is 0.933. The monoisotopic (exact) mass is 269 g/mol. The van der Waals surface area contributed by atoms with Gasteiger partial charge in [-0.3, -0.25) is 9.69 Å². The summed E-state index contributed by atoms with van der Waals surface area (Å²) in [5.74, 6) is 0.715. The molecule has 0 bridgehead atoms. The first-order chi connectivity index (χ1) is 9.19. The number of hydrogen-bond donors (Lipinski definition) is 0. The molecule has 4 heteroatoms. The summed E-state index contributed by atoms with van der Waals surface area (Å²) in [6.07, 6.45) is 6.72. The van der Waals surface area contributed by atoms with Crippen LogP contribution < -0.4 is 0 Å². The van der Waals surface area contributed by atoms with Gasteiger partial charge in [0.2, 0.25) is 0 Å². The van der Waals surface area contributed by atoms with Crippen molar-refractivity contribution in [1.82, 2.24) is 4.90 Å². The summed E-state index contributed by atoms with van der Waals surface area (Å²) in [4.78, 5) is 14.2. The molecule has 1 aliphatic carbocycles. The summed E-state index contributed by atoms with van der Waals surface area (Å²) in [7, 11) is 1.71. The van der Waals surface area contributed by atoms with Crippen LogP contribution in [0.15, 0.2) is 0 Å². The van der Waals surface area contributed by atoms with Crippen molar-refractivity contribution in [1.29, 1.82) is 0 Å². The Morgan fingerprint density at radius 1 is 1.11 bits per heavy atom. The van der Waals surface area contributed by atoms with E-state index in [1.165, 1.54) is 19.3 Å². The third kappa shape index (κ3) is 4.46. The summed E-state index contributed by atoms with van der Waals surface area (Å²) < 4.78 is 11.0. The molecule has 0 N–H and O–H groups in total. The summed E-state index contributed by atoms with van der Waals surface area (Å²) in [6.45, 7) is 4.77. The molecular weight excluding hydrogens is 242 g/mol. The van der Waals surface area contributed by atoms with Gasteiger partial charge >= 0.3 is 5.97 Å². The number of hydrogen-bond acceptors (Lipinski definition) is 4. The van der Waals surface area contributed by atoms with Gasteiger partial charge < -0.3 is 9.47 Å². The Balaban J connectivity index is 1.74. The zero-order valence-corrected chi connectivity index (χ0v) is 12.3. The third-order valence-corrected chi connectivity index (χ3v) is 4.46. The molecule has 0 unspecified atom stereocenters. The molecule has 110 valence electrons. The van der Waals surface area contributed by atoms with Gasteiger partial charge in [0, 0.05) is 7.11 Å². The Labute approximate surface area is 116 Å². The lowest BCUT2D eigenvalue weighted by molar-refractivity contribution is -0.160. The highest BCUT2D eigenvalue weighted by molar-refractivity contribution is 5.72. The number of piperidine rings is 1. The van der Waals surface area contributed by atoms with Gasteiger partial charge in [0.1, 0.15) is 6.10 Å². The molecule has 2 aliphatic rings. The minimum absolute atomic E-state index is 0.0324. The van der Waals surface area contributed by atoms with Gasteiger partial charge in [-0.15, -0.1) is 0 Å². The summed E-state index contributed by atoms with van der Waals surface area (Å²) in [5.41, 5.74) is 0. The van der Waals surface area contributed by atoms with Gasteiger partial charge in [0.25, 0.3) is 0 Å². The number of ether oxygens (including phenoxy) is 2. The van der Waals surface area contributed by atoms with E-state index < -0.39 is 0 Å². The van der Waals surface area contributed by atoms with E-state index >= 15 is 0 Å². The van der Waals surface area contributed by atoms with Crippen LogP contribution in [0.1, 0.15) is 45.4 Å². The van der Waals surface area contributed by atoms with Crippen LogP contribution in [0.5, 0.6) is 0 Å². The van der Waals surface area contributed by atoms with Gasteiger partial charge in [-0.1, -0.05) is 13.3 Å². The van der Waals surface area contributed by atoms with Gasteiger partial charge in [0.05, 0.1) is 12.6 Å². The zero-order valence-electron chi connectivity index (χ0n) is 12.3. The lowest BCUT2D eigenvalue weighted by Gasteiger charge is -2.32. The van der Waals surface area contributed by atoms with E-state index in [1.54, 1.807) is 7.11 Å². The Kier molecular flexibility index (Phi) is 5.64. The average molecular weight is 269 g/mol. The van der Waals surface area contributed by atoms with Crippen LogP contribution in [0.25, 0.3) is 0 Å². The van der Waals surface area contributed by atoms with E-state index in [0.29, 0.717) is 6.54 Å². The normalized spacial score (nSPS) is 30.2. The molecule has 1 saturated heterocycles. The lowest BCUT2D eigenvalue weighted by Crippen LogP contribution is -2.41. The molecule has 4 nitrogen and oxygen atoms in total. The molecule has 0 radical (unpaired) electrons. The fourth-order valence-corrected chi connectivity index (χ4v) is 3.08. The van der Waals surface area contributed by atoms with Crippen molar-refractivity contribution in [3.8, 4) is 0 Å². The Bertz CT molecular complexity index is 287. The van der Waals surface area contributed by atoms with E-state index in [-0.39, 0.29) is 18.2 Å². The highest BCUT2D eigenvalue weighted by atomic mass is 16.6. The van der Waals surface area contributed by atoms with Crippen molar-refractivity contribution < 1.29 is 14.3 Å². The van der Waals surface area contributed by atoms with Crippen LogP contribution in [0.4, 0.5) is 0 Å². The van der Waals surface area contributed by atoms with E-state index in [0.717, 1.165) is 38.3 Å². The van der Waals surface area contributed by atoms with Gasteiger partial charge in [-0.25, -0.2) is 0 Å². The average Bonchev–Trinajstić information content (AvgIpc) is 2.42. The molecule has 1 aliphatic heterocycles. The predicted octanol–water partition coefficient (Wildman–Crippen LogP) is 2.22. The maximum atomic E-state index is 12.0. The van der Waals surface area contributed by atoms with E-state index in [4.69, 9.17) is 9.47 Å². The summed E-state index contributed by atoms with van der Waals surface area (Å²) in [5, 5.41) is 0. The molecule has 0 amide bonds. The number of rotatable bonds is 4. The fourth-order valence-electron chi connectivity index (χ4n) is 3.08. The first-order valence-corrected chi connectivity index (χ1v) is 7.63. The molecule has 2 rings (SSSR count). The van der Waals surface area contributed by atoms with E-state index in [1.807, 2.05) is 0 Å².